The molecule has 0 saturated heterocycles. The molecule has 2 rings (SSSR count). The summed E-state index contributed by atoms with van der Waals surface area (Å²) in [5.41, 5.74) is -1.79. The summed E-state index contributed by atoms with van der Waals surface area (Å²) in [7, 11) is 1.14. The first-order chi connectivity index (χ1) is 13.1. The smallest absolute Gasteiger partial charge is 0.336 e. The Bertz CT molecular complexity index is 877. The predicted molar refractivity (Wildman–Crippen MR) is 98.5 cm³/mol. The molecule has 0 bridgehead atoms. The van der Waals surface area contributed by atoms with Crippen molar-refractivity contribution in [3.05, 3.63) is 51.2 Å². The van der Waals surface area contributed by atoms with Crippen molar-refractivity contribution >= 4 is 23.4 Å². The molecule has 0 amide bonds. The Balaban J connectivity index is 2.96. The van der Waals surface area contributed by atoms with Gasteiger partial charge < -0.3 is 15.2 Å². The molecule has 1 aliphatic rings. The first-order valence-electron chi connectivity index (χ1n) is 8.59. The molecule has 0 unspecified atom stereocenters. The van der Waals surface area contributed by atoms with Crippen molar-refractivity contribution in [1.82, 2.24) is 5.32 Å². The van der Waals surface area contributed by atoms with E-state index >= 15 is 0 Å². The minimum atomic E-state index is -1.82. The Kier molecular flexibility index (Phi) is 5.86. The van der Waals surface area contributed by atoms with Gasteiger partial charge in [-0.2, -0.15) is 0 Å². The van der Waals surface area contributed by atoms with Gasteiger partial charge in [0.15, 0.2) is 0 Å². The van der Waals surface area contributed by atoms with Crippen molar-refractivity contribution in [2.75, 3.05) is 7.11 Å². The number of aliphatic carboxylic acids is 1. The maximum absolute atomic E-state index is 12.6. The van der Waals surface area contributed by atoms with Crippen LogP contribution in [0.3, 0.4) is 0 Å². The van der Waals surface area contributed by atoms with E-state index in [-0.39, 0.29) is 16.8 Å². The zero-order valence-electron chi connectivity index (χ0n) is 16.0. The van der Waals surface area contributed by atoms with E-state index < -0.39 is 46.4 Å². The summed E-state index contributed by atoms with van der Waals surface area (Å²) in [5, 5.41) is 24.8. The lowest BCUT2D eigenvalue weighted by Gasteiger charge is -2.46. The Labute approximate surface area is 161 Å². The van der Waals surface area contributed by atoms with Gasteiger partial charge in [0, 0.05) is 35.7 Å². The van der Waals surface area contributed by atoms with Crippen LogP contribution in [0.4, 0.5) is 5.69 Å². The number of nitro benzene ring substituents is 1. The van der Waals surface area contributed by atoms with Gasteiger partial charge in [0.25, 0.3) is 5.69 Å². The molecule has 0 radical (unpaired) electrons. The molecular weight excluding hydrogens is 368 g/mol. The summed E-state index contributed by atoms with van der Waals surface area (Å²) in [6.07, 6.45) is -0.416. The van der Waals surface area contributed by atoms with Crippen LogP contribution in [0.1, 0.15) is 38.7 Å². The second-order valence-corrected chi connectivity index (χ2v) is 6.87. The average Bonchev–Trinajstić information content (AvgIpc) is 2.62. The molecule has 0 saturated carbocycles. The number of esters is 1. The number of carbonyl (C=O) groups is 3. The molecule has 1 aliphatic heterocycles. The molecule has 3 atom stereocenters. The largest absolute Gasteiger partial charge is 0.481 e. The van der Waals surface area contributed by atoms with Crippen LogP contribution in [0, 0.1) is 15.5 Å². The Morgan fingerprint density at radius 3 is 2.43 bits per heavy atom. The first kappa shape index (κ1) is 21.1. The highest BCUT2D eigenvalue weighted by Crippen LogP contribution is 2.52. The van der Waals surface area contributed by atoms with Crippen LogP contribution in [-0.4, -0.2) is 40.9 Å². The van der Waals surface area contributed by atoms with Crippen LogP contribution in [0.5, 0.6) is 0 Å². The van der Waals surface area contributed by atoms with Gasteiger partial charge in [0.05, 0.1) is 17.6 Å². The number of ketones is 1. The highest BCUT2D eigenvalue weighted by Gasteiger charge is 2.58. The number of ether oxygens (including phenoxy) is 1. The van der Waals surface area contributed by atoms with Gasteiger partial charge in [-0.15, -0.1) is 0 Å². The lowest BCUT2D eigenvalue weighted by molar-refractivity contribution is -0.385. The number of nitro groups is 1. The van der Waals surface area contributed by atoms with Crippen LogP contribution in [0.25, 0.3) is 0 Å². The highest BCUT2D eigenvalue weighted by atomic mass is 16.6. The number of carboxylic acids is 1. The van der Waals surface area contributed by atoms with E-state index in [0.29, 0.717) is 5.70 Å². The van der Waals surface area contributed by atoms with Gasteiger partial charge in [0.2, 0.25) is 0 Å². The molecule has 0 spiro atoms. The number of hydrogen-bond acceptors (Lipinski definition) is 7. The van der Waals surface area contributed by atoms with Crippen molar-refractivity contribution in [2.24, 2.45) is 5.41 Å². The van der Waals surface area contributed by atoms with Crippen LogP contribution in [0.15, 0.2) is 35.5 Å². The number of carboxylic acid groups (broad SMARTS) is 1. The normalized spacial score (nSPS) is 24.3. The molecule has 1 aromatic rings. The average molecular weight is 390 g/mol. The van der Waals surface area contributed by atoms with Crippen molar-refractivity contribution in [2.45, 2.75) is 39.2 Å². The van der Waals surface area contributed by atoms with E-state index in [1.165, 1.54) is 31.2 Å². The van der Waals surface area contributed by atoms with E-state index in [1.54, 1.807) is 13.8 Å². The molecule has 28 heavy (non-hydrogen) atoms. The second-order valence-electron chi connectivity index (χ2n) is 6.87. The fourth-order valence-electron chi connectivity index (χ4n) is 4.02. The number of Topliss-reactive ketones (excluding diaryl/α,β-unsaturated/α-hetero) is 1. The van der Waals surface area contributed by atoms with E-state index in [2.05, 4.69) is 5.32 Å². The Morgan fingerprint density at radius 2 is 1.93 bits per heavy atom. The third-order valence-corrected chi connectivity index (χ3v) is 5.20. The summed E-state index contributed by atoms with van der Waals surface area (Å²) >= 11 is 0. The Morgan fingerprint density at radius 1 is 1.32 bits per heavy atom. The molecule has 0 aliphatic carbocycles. The number of allylic oxidation sites excluding steroid dienone is 1. The number of para-hydroxylation sites is 1. The summed E-state index contributed by atoms with van der Waals surface area (Å²) < 4.78 is 4.84. The van der Waals surface area contributed by atoms with Crippen molar-refractivity contribution in [1.29, 1.82) is 0 Å². The van der Waals surface area contributed by atoms with E-state index in [1.807, 2.05) is 0 Å². The number of nitrogens with zero attached hydrogens (tertiary/aromatic N) is 1. The molecule has 1 heterocycles. The maximum Gasteiger partial charge on any atom is 0.336 e. The van der Waals surface area contributed by atoms with Crippen molar-refractivity contribution in [3.63, 3.8) is 0 Å². The highest BCUT2D eigenvalue weighted by molar-refractivity contribution is 5.96. The van der Waals surface area contributed by atoms with E-state index in [0.717, 1.165) is 7.11 Å². The van der Waals surface area contributed by atoms with E-state index in [9.17, 15) is 29.6 Å². The quantitative estimate of drug-likeness (QED) is 0.428. The number of carbonyl (C=O) groups excluding carboxylic acids is 2. The fourth-order valence-corrected chi connectivity index (χ4v) is 4.02. The van der Waals surface area contributed by atoms with Crippen LogP contribution in [0.2, 0.25) is 0 Å². The van der Waals surface area contributed by atoms with Gasteiger partial charge in [0.1, 0.15) is 11.2 Å². The van der Waals surface area contributed by atoms with Gasteiger partial charge >= 0.3 is 11.9 Å². The fraction of sp³-hybridized carbons (Fsp3) is 0.421. The summed E-state index contributed by atoms with van der Waals surface area (Å²) in [6, 6.07) is 4.85. The number of methoxy groups -OCH3 is 1. The maximum atomic E-state index is 12.6. The van der Waals surface area contributed by atoms with Crippen LogP contribution in [-0.2, 0) is 19.1 Å². The van der Waals surface area contributed by atoms with Crippen molar-refractivity contribution in [3.8, 4) is 0 Å². The first-order valence-corrected chi connectivity index (χ1v) is 8.59. The third-order valence-electron chi connectivity index (χ3n) is 5.20. The molecule has 2 N–H and O–H groups in total. The number of benzene rings is 1. The molecule has 9 nitrogen and oxygen atoms in total. The molecule has 9 heteroatoms. The number of nitrogens with one attached hydrogen (secondary N) is 1. The zero-order valence-corrected chi connectivity index (χ0v) is 16.0. The minimum Gasteiger partial charge on any atom is -0.481 e. The molecule has 1 aromatic carbocycles. The molecular formula is C19H22N2O7. The van der Waals surface area contributed by atoms with Gasteiger partial charge in [-0.1, -0.05) is 18.2 Å². The molecule has 0 fully saturated rings. The lowest BCUT2D eigenvalue weighted by Crippen LogP contribution is -2.57. The summed E-state index contributed by atoms with van der Waals surface area (Å²) in [6.45, 7) is 4.40. The van der Waals surface area contributed by atoms with Crippen LogP contribution >= 0.6 is 0 Å². The van der Waals surface area contributed by atoms with Gasteiger partial charge in [-0.25, -0.2) is 4.79 Å². The zero-order chi connectivity index (χ0) is 21.2. The standard InChI is InChI=1S/C19H22N2O7/c1-10(22)9-19(18(24)25)12(3)20-11(2)15(17(23)28-4)16(19)13-7-5-6-8-14(13)21(26)27/h5-8,12,16,20H,9H2,1-4H3,(H,24,25)/t12-,16-,19+/m1/s1. The van der Waals surface area contributed by atoms with Crippen molar-refractivity contribution < 1.29 is 29.2 Å². The van der Waals surface area contributed by atoms with E-state index in [4.69, 9.17) is 4.74 Å². The summed E-state index contributed by atoms with van der Waals surface area (Å²) in [5.74, 6) is -3.81. The minimum absolute atomic E-state index is 0.0430. The number of hydrogen-bond donors (Lipinski definition) is 2. The monoisotopic (exact) mass is 390 g/mol. The molecule has 150 valence electrons. The number of rotatable bonds is 6. The predicted octanol–water partition coefficient (Wildman–Crippen LogP) is 2.17. The second kappa shape index (κ2) is 7.79. The SMILES string of the molecule is COC(=O)C1=C(C)N[C@H](C)[C@](CC(C)=O)(C(=O)O)[C@@H]1c1ccccc1[N+](=O)[O-]. The Hall–Kier alpha value is -3.23. The molecule has 0 aromatic heterocycles. The topological polar surface area (TPSA) is 136 Å². The summed E-state index contributed by atoms with van der Waals surface area (Å²) in [4.78, 5) is 48.1. The lowest BCUT2D eigenvalue weighted by atomic mass is 9.60. The van der Waals surface area contributed by atoms with Gasteiger partial charge in [-0.3, -0.25) is 19.7 Å². The van der Waals surface area contributed by atoms with Gasteiger partial charge in [-0.05, 0) is 20.8 Å². The van der Waals surface area contributed by atoms with Crippen LogP contribution < -0.4 is 5.32 Å². The third kappa shape index (κ3) is 3.35.